The number of hydrogen-bond acceptors (Lipinski definition) is 6. The Hall–Kier alpha value is -3.65. The first-order chi connectivity index (χ1) is 15.2. The summed E-state index contributed by atoms with van der Waals surface area (Å²) in [6.07, 6.45) is 1.68. The second-order valence-corrected chi connectivity index (χ2v) is 6.96. The Morgan fingerprint density at radius 3 is 2.58 bits per heavy atom. The van der Waals surface area contributed by atoms with Crippen LogP contribution in [0.15, 0.2) is 66.9 Å². The third-order valence-electron chi connectivity index (χ3n) is 4.81. The van der Waals surface area contributed by atoms with Crippen LogP contribution < -0.4 is 5.32 Å². The van der Waals surface area contributed by atoms with Crippen molar-refractivity contribution >= 4 is 5.95 Å². The van der Waals surface area contributed by atoms with Crippen molar-refractivity contribution in [1.82, 2.24) is 25.0 Å². The number of nitrogens with one attached hydrogen (secondary N) is 1. The number of hydrogen-bond donors (Lipinski definition) is 1. The molecule has 8 heteroatoms. The average molecular weight is 418 g/mol. The van der Waals surface area contributed by atoms with E-state index in [2.05, 4.69) is 25.6 Å². The number of benzene rings is 2. The van der Waals surface area contributed by atoms with Crippen molar-refractivity contribution in [2.45, 2.75) is 26.6 Å². The fraction of sp³-hybridized carbons (Fsp3) is 0.217. The monoisotopic (exact) mass is 418 g/mol. The zero-order valence-corrected chi connectivity index (χ0v) is 17.4. The molecule has 0 unspecified atom stereocenters. The second kappa shape index (κ2) is 9.44. The second-order valence-electron chi connectivity index (χ2n) is 6.96. The van der Waals surface area contributed by atoms with E-state index >= 15 is 0 Å². The number of aromatic nitrogens is 5. The maximum Gasteiger partial charge on any atom is 0.223 e. The van der Waals surface area contributed by atoms with Crippen molar-refractivity contribution in [3.8, 4) is 22.6 Å². The van der Waals surface area contributed by atoms with Gasteiger partial charge in [0.1, 0.15) is 23.9 Å². The first-order valence-electron chi connectivity index (χ1n) is 10.1. The van der Waals surface area contributed by atoms with Gasteiger partial charge in [0.25, 0.3) is 0 Å². The zero-order valence-electron chi connectivity index (χ0n) is 17.4. The van der Waals surface area contributed by atoms with Crippen molar-refractivity contribution in [2.75, 3.05) is 11.9 Å². The number of ether oxygens (including phenoxy) is 1. The van der Waals surface area contributed by atoms with Gasteiger partial charge in [-0.05, 0) is 49.7 Å². The summed E-state index contributed by atoms with van der Waals surface area (Å²) in [5.41, 5.74) is 3.79. The first kappa shape index (κ1) is 20.6. The molecule has 1 atom stereocenters. The van der Waals surface area contributed by atoms with Crippen LogP contribution in [0.25, 0.3) is 22.6 Å². The summed E-state index contributed by atoms with van der Waals surface area (Å²) >= 11 is 0. The molecule has 0 spiro atoms. The zero-order chi connectivity index (χ0) is 21.6. The summed E-state index contributed by atoms with van der Waals surface area (Å²) in [7, 11) is 0. The molecule has 4 rings (SSSR count). The molecule has 2 aromatic carbocycles. The van der Waals surface area contributed by atoms with Crippen LogP contribution in [0.1, 0.15) is 25.5 Å². The first-order valence-corrected chi connectivity index (χ1v) is 10.1. The van der Waals surface area contributed by atoms with Crippen LogP contribution >= 0.6 is 0 Å². The van der Waals surface area contributed by atoms with Gasteiger partial charge in [0.05, 0.1) is 11.7 Å². The van der Waals surface area contributed by atoms with E-state index in [0.717, 1.165) is 11.1 Å². The van der Waals surface area contributed by atoms with E-state index in [-0.39, 0.29) is 18.6 Å². The fourth-order valence-corrected chi connectivity index (χ4v) is 3.23. The van der Waals surface area contributed by atoms with Gasteiger partial charge in [-0.25, -0.2) is 19.0 Å². The molecule has 2 heterocycles. The van der Waals surface area contributed by atoms with Gasteiger partial charge in [0, 0.05) is 18.4 Å². The largest absolute Gasteiger partial charge is 0.359 e. The van der Waals surface area contributed by atoms with Gasteiger partial charge in [0.2, 0.25) is 5.95 Å². The van der Waals surface area contributed by atoms with Gasteiger partial charge in [-0.1, -0.05) is 35.5 Å². The summed E-state index contributed by atoms with van der Waals surface area (Å²) < 4.78 is 20.6. The molecule has 0 fully saturated rings. The van der Waals surface area contributed by atoms with E-state index in [0.29, 0.717) is 29.6 Å². The SMILES string of the molecule is CCOCn1nnc(-c2ccnc(N[C@@H](C)c3ccccc3)n2)c1-c1ccc(F)cc1. The molecule has 0 radical (unpaired) electrons. The number of anilines is 1. The van der Waals surface area contributed by atoms with E-state index in [4.69, 9.17) is 4.74 Å². The Morgan fingerprint density at radius 2 is 1.84 bits per heavy atom. The van der Waals surface area contributed by atoms with E-state index in [1.165, 1.54) is 12.1 Å². The Bertz CT molecular complexity index is 1130. The van der Waals surface area contributed by atoms with Crippen molar-refractivity contribution < 1.29 is 9.13 Å². The molecule has 0 aliphatic rings. The third-order valence-corrected chi connectivity index (χ3v) is 4.81. The summed E-state index contributed by atoms with van der Waals surface area (Å²) in [4.78, 5) is 9.00. The number of rotatable bonds is 8. The Balaban J connectivity index is 1.68. The molecule has 1 N–H and O–H groups in total. The third kappa shape index (κ3) is 4.75. The summed E-state index contributed by atoms with van der Waals surface area (Å²) in [5.74, 6) is 0.177. The normalized spacial score (nSPS) is 12.0. The molecule has 2 aromatic heterocycles. The standard InChI is InChI=1S/C23H23FN6O/c1-3-31-15-30-22(18-9-11-19(24)12-10-18)21(28-29-30)20-13-14-25-23(27-20)26-16(2)17-7-5-4-6-8-17/h4-14,16H,3,15H2,1-2H3,(H,25,26,27)/t16-/m0/s1. The summed E-state index contributed by atoms with van der Waals surface area (Å²) in [6.45, 7) is 4.73. The Morgan fingerprint density at radius 1 is 1.06 bits per heavy atom. The predicted octanol–water partition coefficient (Wildman–Crippen LogP) is 4.71. The molecular weight excluding hydrogens is 395 g/mol. The summed E-state index contributed by atoms with van der Waals surface area (Å²) in [5, 5.41) is 11.9. The lowest BCUT2D eigenvalue weighted by atomic mass is 10.1. The van der Waals surface area contributed by atoms with Crippen LogP contribution in [0.2, 0.25) is 0 Å². The highest BCUT2D eigenvalue weighted by Crippen LogP contribution is 2.30. The molecule has 0 aliphatic carbocycles. The molecule has 0 saturated heterocycles. The van der Waals surface area contributed by atoms with Crippen LogP contribution in [-0.2, 0) is 11.5 Å². The van der Waals surface area contributed by atoms with Crippen LogP contribution in [0.4, 0.5) is 10.3 Å². The minimum atomic E-state index is -0.308. The maximum absolute atomic E-state index is 13.5. The number of nitrogens with zero attached hydrogens (tertiary/aromatic N) is 5. The lowest BCUT2D eigenvalue weighted by Gasteiger charge is -2.14. The minimum absolute atomic E-state index is 0.0293. The van der Waals surface area contributed by atoms with Gasteiger partial charge in [-0.15, -0.1) is 5.10 Å². The van der Waals surface area contributed by atoms with Crippen LogP contribution in [0, 0.1) is 5.82 Å². The van der Waals surface area contributed by atoms with Gasteiger partial charge < -0.3 is 10.1 Å². The van der Waals surface area contributed by atoms with E-state index in [1.54, 1.807) is 29.1 Å². The average Bonchev–Trinajstić information content (AvgIpc) is 3.23. The van der Waals surface area contributed by atoms with Crippen LogP contribution in [-0.4, -0.2) is 31.6 Å². The highest BCUT2D eigenvalue weighted by atomic mass is 19.1. The highest BCUT2D eigenvalue weighted by Gasteiger charge is 2.19. The van der Waals surface area contributed by atoms with Crippen molar-refractivity contribution in [2.24, 2.45) is 0 Å². The van der Waals surface area contributed by atoms with Crippen molar-refractivity contribution in [1.29, 1.82) is 0 Å². The van der Waals surface area contributed by atoms with Gasteiger partial charge >= 0.3 is 0 Å². The molecule has 0 bridgehead atoms. The van der Waals surface area contributed by atoms with Crippen LogP contribution in [0.3, 0.4) is 0 Å². The molecule has 4 aromatic rings. The van der Waals surface area contributed by atoms with Crippen molar-refractivity contribution in [3.63, 3.8) is 0 Å². The van der Waals surface area contributed by atoms with Gasteiger partial charge in [0.15, 0.2) is 0 Å². The molecule has 0 amide bonds. The quantitative estimate of drug-likeness (QED) is 0.447. The molecule has 158 valence electrons. The van der Waals surface area contributed by atoms with Gasteiger partial charge in [-0.2, -0.15) is 0 Å². The minimum Gasteiger partial charge on any atom is -0.359 e. The lowest BCUT2D eigenvalue weighted by molar-refractivity contribution is 0.0790. The molecule has 0 saturated carbocycles. The van der Waals surface area contributed by atoms with Crippen LogP contribution in [0.5, 0.6) is 0 Å². The van der Waals surface area contributed by atoms with E-state index in [1.807, 2.05) is 44.2 Å². The predicted molar refractivity (Wildman–Crippen MR) is 117 cm³/mol. The Labute approximate surface area is 179 Å². The topological polar surface area (TPSA) is 77.8 Å². The number of halogens is 1. The molecule has 31 heavy (non-hydrogen) atoms. The van der Waals surface area contributed by atoms with E-state index in [9.17, 15) is 4.39 Å². The van der Waals surface area contributed by atoms with E-state index < -0.39 is 0 Å². The Kier molecular flexibility index (Phi) is 6.28. The molecular formula is C23H23FN6O. The lowest BCUT2D eigenvalue weighted by Crippen LogP contribution is -2.09. The van der Waals surface area contributed by atoms with Gasteiger partial charge in [-0.3, -0.25) is 0 Å². The highest BCUT2D eigenvalue weighted by molar-refractivity contribution is 5.76. The maximum atomic E-state index is 13.5. The molecule has 0 aliphatic heterocycles. The van der Waals surface area contributed by atoms with Crippen molar-refractivity contribution in [3.05, 3.63) is 78.2 Å². The fourth-order valence-electron chi connectivity index (χ4n) is 3.23. The smallest absolute Gasteiger partial charge is 0.223 e. The summed E-state index contributed by atoms with van der Waals surface area (Å²) in [6, 6.07) is 18.1. The molecule has 7 nitrogen and oxygen atoms in total.